The van der Waals surface area contributed by atoms with Gasteiger partial charge in [-0.1, -0.05) is 72.9 Å². The maximum atomic E-state index is 13.0. The topological polar surface area (TPSA) is 49.4 Å². The molecule has 2 aromatic rings. The fourth-order valence-electron chi connectivity index (χ4n) is 2.83. The molecule has 0 spiro atoms. The molecule has 150 valence electrons. The minimum Gasteiger partial charge on any atom is -0.354 e. The van der Waals surface area contributed by atoms with Gasteiger partial charge in [-0.3, -0.25) is 9.59 Å². The van der Waals surface area contributed by atoms with Crippen molar-refractivity contribution in [2.75, 3.05) is 6.54 Å². The van der Waals surface area contributed by atoms with Gasteiger partial charge in [0.25, 0.3) is 0 Å². The first-order valence-corrected chi connectivity index (χ1v) is 10.2. The van der Waals surface area contributed by atoms with Gasteiger partial charge >= 0.3 is 0 Å². The second kappa shape index (κ2) is 11.1. The van der Waals surface area contributed by atoms with E-state index in [0.717, 1.165) is 24.0 Å². The second-order valence-corrected chi connectivity index (χ2v) is 7.57. The quantitative estimate of drug-likeness (QED) is 0.588. The Balaban J connectivity index is 2.19. The number of unbranched alkanes of at least 4 members (excludes halogenated alkanes) is 1. The molecule has 0 aliphatic rings. The van der Waals surface area contributed by atoms with Crippen LogP contribution in [-0.2, 0) is 22.6 Å². The van der Waals surface area contributed by atoms with Crippen molar-refractivity contribution >= 4 is 35.0 Å². The Hall–Kier alpha value is -2.04. The van der Waals surface area contributed by atoms with Gasteiger partial charge in [0.2, 0.25) is 11.8 Å². The van der Waals surface area contributed by atoms with Crippen molar-refractivity contribution in [3.63, 3.8) is 0 Å². The minimum absolute atomic E-state index is 0.115. The number of benzene rings is 2. The molecule has 0 bridgehead atoms. The van der Waals surface area contributed by atoms with Gasteiger partial charge in [0.05, 0.1) is 16.5 Å². The third kappa shape index (κ3) is 6.54. The summed E-state index contributed by atoms with van der Waals surface area (Å²) in [6, 6.07) is 14.2. The number of amides is 2. The summed E-state index contributed by atoms with van der Waals surface area (Å²) in [5.74, 6) is -0.273. The number of nitrogens with one attached hydrogen (secondary N) is 1. The molecule has 0 aliphatic carbocycles. The monoisotopic (exact) mass is 420 g/mol. The highest BCUT2D eigenvalue weighted by Gasteiger charge is 2.26. The average Bonchev–Trinajstić information content (AvgIpc) is 2.69. The predicted molar refractivity (Wildman–Crippen MR) is 115 cm³/mol. The van der Waals surface area contributed by atoms with Gasteiger partial charge in [-0.25, -0.2) is 0 Å². The van der Waals surface area contributed by atoms with Gasteiger partial charge in [0.1, 0.15) is 6.04 Å². The van der Waals surface area contributed by atoms with E-state index >= 15 is 0 Å². The summed E-state index contributed by atoms with van der Waals surface area (Å²) in [4.78, 5) is 27.2. The molecular weight excluding hydrogens is 395 g/mol. The molecule has 0 saturated carbocycles. The smallest absolute Gasteiger partial charge is 0.242 e. The first-order valence-electron chi connectivity index (χ1n) is 9.47. The molecule has 4 nitrogen and oxygen atoms in total. The highest BCUT2D eigenvalue weighted by atomic mass is 35.5. The lowest BCUT2D eigenvalue weighted by Crippen LogP contribution is -2.48. The Bertz CT molecular complexity index is 796. The van der Waals surface area contributed by atoms with E-state index in [4.69, 9.17) is 23.2 Å². The Labute approximate surface area is 176 Å². The highest BCUT2D eigenvalue weighted by molar-refractivity contribution is 6.42. The van der Waals surface area contributed by atoms with Crippen molar-refractivity contribution in [1.29, 1.82) is 0 Å². The van der Waals surface area contributed by atoms with Crippen LogP contribution in [0.25, 0.3) is 0 Å². The van der Waals surface area contributed by atoms with Crippen LogP contribution in [0.2, 0.25) is 10.0 Å². The van der Waals surface area contributed by atoms with Crippen molar-refractivity contribution in [1.82, 2.24) is 10.2 Å². The fraction of sp³-hybridized carbons (Fsp3) is 0.364. The average molecular weight is 421 g/mol. The molecule has 0 radical (unpaired) electrons. The maximum Gasteiger partial charge on any atom is 0.242 e. The lowest BCUT2D eigenvalue weighted by molar-refractivity contribution is -0.140. The van der Waals surface area contributed by atoms with Gasteiger partial charge in [-0.05, 0) is 36.6 Å². The molecule has 0 aromatic heterocycles. The number of nitrogens with zero attached hydrogens (tertiary/aromatic N) is 1. The van der Waals surface area contributed by atoms with Gasteiger partial charge in [-0.15, -0.1) is 0 Å². The lowest BCUT2D eigenvalue weighted by atomic mass is 10.1. The molecule has 2 aromatic carbocycles. The summed E-state index contributed by atoms with van der Waals surface area (Å²) in [6.45, 7) is 4.70. The summed E-state index contributed by atoms with van der Waals surface area (Å²) >= 11 is 12.1. The third-order valence-electron chi connectivity index (χ3n) is 4.53. The van der Waals surface area contributed by atoms with Gasteiger partial charge in [0.15, 0.2) is 0 Å². The molecular formula is C22H26Cl2N2O2. The maximum absolute atomic E-state index is 13.0. The Kier molecular flexibility index (Phi) is 8.81. The van der Waals surface area contributed by atoms with Gasteiger partial charge in [0, 0.05) is 13.1 Å². The van der Waals surface area contributed by atoms with Crippen LogP contribution in [0, 0.1) is 0 Å². The van der Waals surface area contributed by atoms with Crippen LogP contribution in [0.1, 0.15) is 37.8 Å². The van der Waals surface area contributed by atoms with E-state index in [9.17, 15) is 9.59 Å². The number of carbonyl (C=O) groups excluding carboxylic acids is 2. The number of rotatable bonds is 9. The van der Waals surface area contributed by atoms with E-state index in [2.05, 4.69) is 12.2 Å². The first-order chi connectivity index (χ1) is 13.4. The summed E-state index contributed by atoms with van der Waals surface area (Å²) < 4.78 is 0. The number of hydrogen-bond acceptors (Lipinski definition) is 2. The molecule has 0 fully saturated rings. The van der Waals surface area contributed by atoms with E-state index in [-0.39, 0.29) is 24.8 Å². The van der Waals surface area contributed by atoms with Crippen molar-refractivity contribution in [3.05, 3.63) is 69.7 Å². The third-order valence-corrected chi connectivity index (χ3v) is 5.27. The summed E-state index contributed by atoms with van der Waals surface area (Å²) in [6.07, 6.45) is 2.13. The van der Waals surface area contributed by atoms with E-state index < -0.39 is 6.04 Å². The number of carbonyl (C=O) groups is 2. The molecule has 6 heteroatoms. The Morgan fingerprint density at radius 1 is 1.04 bits per heavy atom. The normalized spacial score (nSPS) is 11.7. The zero-order chi connectivity index (χ0) is 20.5. The van der Waals surface area contributed by atoms with Gasteiger partial charge < -0.3 is 10.2 Å². The SMILES string of the molecule is CCCCNC(=O)[C@H](C)N(Cc1ccc(Cl)c(Cl)c1)C(=O)Cc1ccccc1. The predicted octanol–water partition coefficient (Wildman–Crippen LogP) is 4.87. The van der Waals surface area contributed by atoms with Crippen LogP contribution in [0.4, 0.5) is 0 Å². The molecule has 0 heterocycles. The second-order valence-electron chi connectivity index (χ2n) is 6.75. The van der Waals surface area contributed by atoms with E-state index in [0.29, 0.717) is 16.6 Å². The molecule has 0 aliphatic heterocycles. The summed E-state index contributed by atoms with van der Waals surface area (Å²) in [5, 5.41) is 3.79. The summed E-state index contributed by atoms with van der Waals surface area (Å²) in [5.41, 5.74) is 1.73. The largest absolute Gasteiger partial charge is 0.354 e. The van der Waals surface area contributed by atoms with Gasteiger partial charge in [-0.2, -0.15) is 0 Å². The molecule has 0 saturated heterocycles. The van der Waals surface area contributed by atoms with E-state index in [1.165, 1.54) is 0 Å². The Morgan fingerprint density at radius 2 is 1.75 bits per heavy atom. The number of halogens is 2. The fourth-order valence-corrected chi connectivity index (χ4v) is 3.15. The van der Waals surface area contributed by atoms with Crippen LogP contribution in [0.15, 0.2) is 48.5 Å². The van der Waals surface area contributed by atoms with Crippen molar-refractivity contribution < 1.29 is 9.59 Å². The standard InChI is InChI=1S/C22H26Cl2N2O2/c1-3-4-12-25-22(28)16(2)26(15-18-10-11-19(23)20(24)13-18)21(27)14-17-8-6-5-7-9-17/h5-11,13,16H,3-4,12,14-15H2,1-2H3,(H,25,28)/t16-/m0/s1. The highest BCUT2D eigenvalue weighted by Crippen LogP contribution is 2.24. The van der Waals surface area contributed by atoms with Crippen LogP contribution < -0.4 is 5.32 Å². The van der Waals surface area contributed by atoms with Crippen molar-refractivity contribution in [2.45, 2.75) is 45.7 Å². The Morgan fingerprint density at radius 3 is 2.39 bits per heavy atom. The van der Waals surface area contributed by atoms with E-state index in [1.54, 1.807) is 24.0 Å². The lowest BCUT2D eigenvalue weighted by Gasteiger charge is -2.29. The van der Waals surface area contributed by atoms with Crippen molar-refractivity contribution in [3.8, 4) is 0 Å². The van der Waals surface area contributed by atoms with Crippen LogP contribution in [0.5, 0.6) is 0 Å². The molecule has 1 atom stereocenters. The zero-order valence-corrected chi connectivity index (χ0v) is 17.8. The number of hydrogen-bond donors (Lipinski definition) is 1. The first kappa shape index (κ1) is 22.3. The molecule has 2 amide bonds. The van der Waals surface area contributed by atoms with Crippen LogP contribution >= 0.6 is 23.2 Å². The summed E-state index contributed by atoms with van der Waals surface area (Å²) in [7, 11) is 0. The van der Waals surface area contributed by atoms with Crippen LogP contribution in [-0.4, -0.2) is 29.3 Å². The molecule has 1 N–H and O–H groups in total. The molecule has 28 heavy (non-hydrogen) atoms. The molecule has 0 unspecified atom stereocenters. The van der Waals surface area contributed by atoms with Crippen LogP contribution in [0.3, 0.4) is 0 Å². The minimum atomic E-state index is -0.595. The van der Waals surface area contributed by atoms with E-state index in [1.807, 2.05) is 36.4 Å². The molecule has 2 rings (SSSR count). The van der Waals surface area contributed by atoms with Crippen molar-refractivity contribution in [2.24, 2.45) is 0 Å². The zero-order valence-electron chi connectivity index (χ0n) is 16.3.